The van der Waals surface area contributed by atoms with E-state index in [1.54, 1.807) is 35.3 Å². The number of hydrogen-bond acceptors (Lipinski definition) is 4. The molecule has 3 heterocycles. The Bertz CT molecular complexity index is 1560. The molecule has 5 aromatic rings. The summed E-state index contributed by atoms with van der Waals surface area (Å²) in [5, 5.41) is 13.7. The quantitative estimate of drug-likeness (QED) is 0.272. The Kier molecular flexibility index (Phi) is 6.47. The Labute approximate surface area is 216 Å². The van der Waals surface area contributed by atoms with Crippen molar-refractivity contribution in [1.82, 2.24) is 24.5 Å². The van der Waals surface area contributed by atoms with Crippen molar-refractivity contribution in [3.05, 3.63) is 93.3 Å². The fraction of sp³-hybridized carbons (Fsp3) is 0.120. The molecule has 0 aliphatic carbocycles. The van der Waals surface area contributed by atoms with Gasteiger partial charge in [-0.3, -0.25) is 14.2 Å². The first-order valence-electron chi connectivity index (χ1n) is 10.8. The Morgan fingerprint density at radius 3 is 2.60 bits per heavy atom. The molecule has 0 atom stereocenters. The summed E-state index contributed by atoms with van der Waals surface area (Å²) in [7, 11) is 0. The molecule has 0 saturated heterocycles. The molecule has 0 fully saturated rings. The number of anilines is 1. The van der Waals surface area contributed by atoms with Gasteiger partial charge in [0.25, 0.3) is 5.91 Å². The molecule has 7 nitrogen and oxygen atoms in total. The number of hydrogen-bond donors (Lipinski definition) is 1. The second kappa shape index (κ2) is 9.70. The lowest BCUT2D eigenvalue weighted by atomic mass is 10.0. The van der Waals surface area contributed by atoms with E-state index in [1.807, 2.05) is 48.1 Å². The molecule has 176 valence electrons. The van der Waals surface area contributed by atoms with Gasteiger partial charge in [0.2, 0.25) is 0 Å². The molecule has 0 bridgehead atoms. The second-order valence-electron chi connectivity index (χ2n) is 7.87. The Balaban J connectivity index is 1.46. The number of nitrogens with zero attached hydrogens (tertiary/aromatic N) is 5. The largest absolute Gasteiger partial charge is 0.304 e. The number of halogens is 3. The summed E-state index contributed by atoms with van der Waals surface area (Å²) in [6, 6.07) is 14.5. The number of pyridine rings is 1. The summed E-state index contributed by atoms with van der Waals surface area (Å²) in [6.07, 6.45) is 5.28. The third-order valence-electron chi connectivity index (χ3n) is 5.51. The number of benzene rings is 2. The summed E-state index contributed by atoms with van der Waals surface area (Å²) >= 11 is 18.7. The predicted octanol–water partition coefficient (Wildman–Crippen LogP) is 6.58. The molecule has 0 unspecified atom stereocenters. The highest BCUT2D eigenvalue weighted by molar-refractivity contribution is 6.35. The molecule has 0 saturated carbocycles. The van der Waals surface area contributed by atoms with Crippen molar-refractivity contribution >= 4 is 57.4 Å². The van der Waals surface area contributed by atoms with Crippen LogP contribution in [0.4, 0.5) is 5.82 Å². The van der Waals surface area contributed by atoms with Crippen molar-refractivity contribution in [2.75, 3.05) is 5.32 Å². The highest BCUT2D eigenvalue weighted by Gasteiger charge is 2.18. The minimum absolute atomic E-state index is 0.253. The van der Waals surface area contributed by atoms with Crippen LogP contribution in [0.25, 0.3) is 22.2 Å². The van der Waals surface area contributed by atoms with Gasteiger partial charge in [0.1, 0.15) is 5.02 Å². The molecule has 1 N–H and O–H groups in total. The fourth-order valence-electron chi connectivity index (χ4n) is 3.74. The van der Waals surface area contributed by atoms with Crippen LogP contribution in [0.15, 0.2) is 67.1 Å². The van der Waals surface area contributed by atoms with Gasteiger partial charge in [-0.1, -0.05) is 59.1 Å². The Morgan fingerprint density at radius 1 is 1.00 bits per heavy atom. The zero-order valence-corrected chi connectivity index (χ0v) is 20.8. The molecule has 5 rings (SSSR count). The molecule has 0 aliphatic rings. The first-order chi connectivity index (χ1) is 16.9. The van der Waals surface area contributed by atoms with Crippen molar-refractivity contribution in [2.45, 2.75) is 20.0 Å². The maximum atomic E-state index is 13.4. The van der Waals surface area contributed by atoms with Gasteiger partial charge in [0.15, 0.2) is 5.82 Å². The summed E-state index contributed by atoms with van der Waals surface area (Å²) in [5.41, 5.74) is 3.47. The van der Waals surface area contributed by atoms with E-state index in [0.717, 1.165) is 23.1 Å². The van der Waals surface area contributed by atoms with Crippen LogP contribution in [0.2, 0.25) is 15.1 Å². The lowest BCUT2D eigenvalue weighted by Crippen LogP contribution is -2.14. The molecule has 0 spiro atoms. The second-order valence-corrected chi connectivity index (χ2v) is 9.12. The minimum Gasteiger partial charge on any atom is -0.304 e. The standard InChI is InChI=1S/C25H19Cl3N6O/c1-2-33-13-16(11-29-33)23-10-19(18-5-3-4-6-22(18)30-23)25(35)31-24-21(28)14-34(32-24)12-15-7-8-17(26)9-20(15)27/h3-11,13-14H,2,12H2,1H3,(H,31,32,35). The predicted molar refractivity (Wildman–Crippen MR) is 139 cm³/mol. The molecule has 10 heteroatoms. The van der Waals surface area contributed by atoms with Gasteiger partial charge in [0.05, 0.1) is 29.5 Å². The topological polar surface area (TPSA) is 77.6 Å². The van der Waals surface area contributed by atoms with Crippen molar-refractivity contribution < 1.29 is 4.79 Å². The smallest absolute Gasteiger partial charge is 0.257 e. The van der Waals surface area contributed by atoms with E-state index in [-0.39, 0.29) is 11.7 Å². The van der Waals surface area contributed by atoms with Crippen LogP contribution in [-0.4, -0.2) is 30.5 Å². The summed E-state index contributed by atoms with van der Waals surface area (Å²) in [6.45, 7) is 3.12. The summed E-state index contributed by atoms with van der Waals surface area (Å²) < 4.78 is 3.42. The molecule has 0 radical (unpaired) electrons. The van der Waals surface area contributed by atoms with Crippen LogP contribution < -0.4 is 5.32 Å². The van der Waals surface area contributed by atoms with Gasteiger partial charge in [-0.2, -0.15) is 10.2 Å². The highest BCUT2D eigenvalue weighted by atomic mass is 35.5. The maximum absolute atomic E-state index is 13.4. The highest BCUT2D eigenvalue weighted by Crippen LogP contribution is 2.28. The SMILES string of the molecule is CCn1cc(-c2cc(C(=O)Nc3nn(Cc4ccc(Cl)cc4Cl)cc3Cl)c3ccccc3n2)cn1. The number of amides is 1. The Morgan fingerprint density at radius 2 is 1.83 bits per heavy atom. The van der Waals surface area contributed by atoms with E-state index >= 15 is 0 Å². The van der Waals surface area contributed by atoms with E-state index in [1.165, 1.54) is 0 Å². The first kappa shape index (κ1) is 23.4. The number of aryl methyl sites for hydroxylation is 1. The van der Waals surface area contributed by atoms with Gasteiger partial charge in [0, 0.05) is 39.9 Å². The molecule has 0 aliphatic heterocycles. The zero-order chi connectivity index (χ0) is 24.5. The molecular formula is C25H19Cl3N6O. The third-order valence-corrected chi connectivity index (χ3v) is 6.37. The van der Waals surface area contributed by atoms with E-state index < -0.39 is 0 Å². The van der Waals surface area contributed by atoms with Crippen LogP contribution in [0.3, 0.4) is 0 Å². The number of fused-ring (bicyclic) bond motifs is 1. The summed E-state index contributed by atoms with van der Waals surface area (Å²) in [5.74, 6) is -0.0904. The zero-order valence-electron chi connectivity index (χ0n) is 18.5. The van der Waals surface area contributed by atoms with Gasteiger partial charge >= 0.3 is 0 Å². The number of para-hydroxylation sites is 1. The lowest BCUT2D eigenvalue weighted by molar-refractivity contribution is 0.102. The molecule has 3 aromatic heterocycles. The van der Waals surface area contributed by atoms with Gasteiger partial charge in [-0.05, 0) is 36.8 Å². The van der Waals surface area contributed by atoms with E-state index in [4.69, 9.17) is 39.8 Å². The van der Waals surface area contributed by atoms with Crippen molar-refractivity contribution in [3.63, 3.8) is 0 Å². The van der Waals surface area contributed by atoms with Crippen molar-refractivity contribution in [2.24, 2.45) is 0 Å². The van der Waals surface area contributed by atoms with E-state index in [2.05, 4.69) is 15.5 Å². The fourth-order valence-corrected chi connectivity index (χ4v) is 4.41. The molecule has 35 heavy (non-hydrogen) atoms. The number of aromatic nitrogens is 5. The van der Waals surface area contributed by atoms with Crippen LogP contribution in [0.1, 0.15) is 22.8 Å². The third kappa shape index (κ3) is 4.89. The van der Waals surface area contributed by atoms with E-state index in [0.29, 0.717) is 38.4 Å². The average Bonchev–Trinajstić information content (AvgIpc) is 3.46. The van der Waals surface area contributed by atoms with Gasteiger partial charge in [-0.25, -0.2) is 4.98 Å². The van der Waals surface area contributed by atoms with Crippen LogP contribution in [-0.2, 0) is 13.1 Å². The first-order valence-corrected chi connectivity index (χ1v) is 12.0. The molecular weight excluding hydrogens is 507 g/mol. The number of carbonyl (C=O) groups is 1. The monoisotopic (exact) mass is 524 g/mol. The Hall–Kier alpha value is -3.39. The van der Waals surface area contributed by atoms with Crippen molar-refractivity contribution in [3.8, 4) is 11.3 Å². The number of rotatable bonds is 6. The van der Waals surface area contributed by atoms with E-state index in [9.17, 15) is 4.79 Å². The number of nitrogens with one attached hydrogen (secondary N) is 1. The minimum atomic E-state index is -0.343. The lowest BCUT2D eigenvalue weighted by Gasteiger charge is -2.09. The van der Waals surface area contributed by atoms with Crippen LogP contribution in [0.5, 0.6) is 0 Å². The van der Waals surface area contributed by atoms with Crippen LogP contribution in [0, 0.1) is 0 Å². The van der Waals surface area contributed by atoms with Gasteiger partial charge < -0.3 is 5.32 Å². The maximum Gasteiger partial charge on any atom is 0.257 e. The van der Waals surface area contributed by atoms with Gasteiger partial charge in [-0.15, -0.1) is 0 Å². The number of carbonyl (C=O) groups excluding carboxylic acids is 1. The summed E-state index contributed by atoms with van der Waals surface area (Å²) in [4.78, 5) is 18.1. The van der Waals surface area contributed by atoms with Crippen molar-refractivity contribution in [1.29, 1.82) is 0 Å². The molecule has 1 amide bonds. The average molecular weight is 526 g/mol. The normalized spacial score (nSPS) is 11.2. The van der Waals surface area contributed by atoms with Crippen LogP contribution >= 0.6 is 34.8 Å². The molecule has 2 aromatic carbocycles.